The quantitative estimate of drug-likeness (QED) is 0.487. The smallest absolute Gasteiger partial charge is 0.261 e. The van der Waals surface area contributed by atoms with Crippen LogP contribution in [0.5, 0.6) is 0 Å². The lowest BCUT2D eigenvalue weighted by Gasteiger charge is -2.09. The van der Waals surface area contributed by atoms with Gasteiger partial charge in [0, 0.05) is 34.9 Å². The minimum atomic E-state index is -3.67. The third-order valence-electron chi connectivity index (χ3n) is 4.30. The molecule has 150 valence electrons. The Morgan fingerprint density at radius 2 is 1.62 bits per heavy atom. The molecule has 0 aliphatic heterocycles. The number of carbonyl (C=O) groups excluding carboxylic acids is 1. The van der Waals surface area contributed by atoms with Crippen molar-refractivity contribution in [2.45, 2.75) is 18.2 Å². The second-order valence-electron chi connectivity index (χ2n) is 6.61. The predicted molar refractivity (Wildman–Crippen MR) is 117 cm³/mol. The second-order valence-corrected chi connectivity index (χ2v) is 8.73. The number of hydrogen-bond acceptors (Lipinski definition) is 4. The van der Waals surface area contributed by atoms with Gasteiger partial charge in [-0.15, -0.1) is 0 Å². The number of anilines is 2. The normalized spacial score (nSPS) is 11.1. The van der Waals surface area contributed by atoms with E-state index in [9.17, 15) is 13.2 Å². The van der Waals surface area contributed by atoms with E-state index in [0.29, 0.717) is 29.2 Å². The number of sulfonamides is 1. The van der Waals surface area contributed by atoms with Crippen molar-refractivity contribution < 1.29 is 13.2 Å². The molecule has 5 nitrogen and oxygen atoms in total. The monoisotopic (exact) mass is 428 g/mol. The standard InChI is InChI=1S/C22H21ClN2O3S/c1-16-5-11-21(12-6-16)29(27,28)25-19-9-7-17(8-10-19)22(26)13-14-24-20-4-2-3-18(23)15-20/h2-12,15,24-25H,13-14H2,1H3. The van der Waals surface area contributed by atoms with Crippen LogP contribution in [0.3, 0.4) is 0 Å². The van der Waals surface area contributed by atoms with Gasteiger partial charge in [-0.3, -0.25) is 9.52 Å². The maximum atomic E-state index is 12.4. The van der Waals surface area contributed by atoms with E-state index in [1.54, 1.807) is 60.7 Å². The molecule has 7 heteroatoms. The van der Waals surface area contributed by atoms with E-state index in [2.05, 4.69) is 10.0 Å². The second kappa shape index (κ2) is 9.11. The zero-order valence-electron chi connectivity index (χ0n) is 15.9. The van der Waals surface area contributed by atoms with E-state index < -0.39 is 10.0 Å². The fourth-order valence-corrected chi connectivity index (χ4v) is 3.97. The van der Waals surface area contributed by atoms with E-state index in [4.69, 9.17) is 11.6 Å². The lowest BCUT2D eigenvalue weighted by molar-refractivity contribution is 0.0986. The fraction of sp³-hybridized carbons (Fsp3) is 0.136. The molecule has 2 N–H and O–H groups in total. The summed E-state index contributed by atoms with van der Waals surface area (Å²) < 4.78 is 27.4. The summed E-state index contributed by atoms with van der Waals surface area (Å²) in [6.45, 7) is 2.37. The Morgan fingerprint density at radius 1 is 0.931 bits per heavy atom. The summed E-state index contributed by atoms with van der Waals surface area (Å²) in [5.41, 5.74) is 2.76. The molecule has 0 heterocycles. The first-order chi connectivity index (χ1) is 13.8. The van der Waals surface area contributed by atoms with Gasteiger partial charge in [0.2, 0.25) is 0 Å². The van der Waals surface area contributed by atoms with Crippen molar-refractivity contribution in [3.63, 3.8) is 0 Å². The number of halogens is 1. The van der Waals surface area contributed by atoms with Crippen LogP contribution in [0, 0.1) is 6.92 Å². The van der Waals surface area contributed by atoms with Crippen LogP contribution in [0.1, 0.15) is 22.3 Å². The molecule has 0 amide bonds. The Hall–Kier alpha value is -2.83. The van der Waals surface area contributed by atoms with E-state index in [1.165, 1.54) is 0 Å². The summed E-state index contributed by atoms with van der Waals surface area (Å²) in [4.78, 5) is 12.5. The minimum Gasteiger partial charge on any atom is -0.385 e. The van der Waals surface area contributed by atoms with Gasteiger partial charge < -0.3 is 5.32 Å². The lowest BCUT2D eigenvalue weighted by Crippen LogP contribution is -2.13. The molecule has 3 aromatic rings. The number of nitrogens with one attached hydrogen (secondary N) is 2. The number of Topliss-reactive ketones (excluding diaryl/α,β-unsaturated/α-hetero) is 1. The van der Waals surface area contributed by atoms with Crippen molar-refractivity contribution in [1.29, 1.82) is 0 Å². The Balaban J connectivity index is 1.57. The Labute approximate surface area is 175 Å². The van der Waals surface area contributed by atoms with Crippen LogP contribution in [0.2, 0.25) is 5.02 Å². The van der Waals surface area contributed by atoms with Crippen molar-refractivity contribution in [3.05, 3.63) is 88.9 Å². The van der Waals surface area contributed by atoms with Crippen LogP contribution in [0.15, 0.2) is 77.7 Å². The number of carbonyl (C=O) groups is 1. The molecular formula is C22H21ClN2O3S. The third kappa shape index (κ3) is 5.82. The highest BCUT2D eigenvalue weighted by molar-refractivity contribution is 7.92. The van der Waals surface area contributed by atoms with Crippen molar-refractivity contribution in [1.82, 2.24) is 0 Å². The van der Waals surface area contributed by atoms with Gasteiger partial charge in [-0.2, -0.15) is 0 Å². The van der Waals surface area contributed by atoms with Crippen molar-refractivity contribution in [3.8, 4) is 0 Å². The fourth-order valence-electron chi connectivity index (χ4n) is 2.72. The maximum Gasteiger partial charge on any atom is 0.261 e. The molecule has 0 atom stereocenters. The maximum absolute atomic E-state index is 12.4. The summed E-state index contributed by atoms with van der Waals surface area (Å²) in [5.74, 6) is -0.0348. The van der Waals surface area contributed by atoms with Crippen LogP contribution in [0.25, 0.3) is 0 Å². The molecule has 29 heavy (non-hydrogen) atoms. The molecule has 0 saturated heterocycles. The van der Waals surface area contributed by atoms with E-state index in [1.807, 2.05) is 19.1 Å². The average Bonchev–Trinajstić information content (AvgIpc) is 2.68. The topological polar surface area (TPSA) is 75.3 Å². The highest BCUT2D eigenvalue weighted by Gasteiger charge is 2.14. The van der Waals surface area contributed by atoms with Crippen LogP contribution < -0.4 is 10.0 Å². The zero-order chi connectivity index (χ0) is 20.9. The van der Waals surface area contributed by atoms with E-state index in [0.717, 1.165) is 11.3 Å². The largest absolute Gasteiger partial charge is 0.385 e. The minimum absolute atomic E-state index is 0.0348. The van der Waals surface area contributed by atoms with Gasteiger partial charge in [-0.05, 0) is 61.5 Å². The Morgan fingerprint density at radius 3 is 2.28 bits per heavy atom. The van der Waals surface area contributed by atoms with Crippen molar-refractivity contribution in [2.24, 2.45) is 0 Å². The van der Waals surface area contributed by atoms with Gasteiger partial charge in [-0.1, -0.05) is 35.4 Å². The van der Waals surface area contributed by atoms with Crippen LogP contribution in [-0.2, 0) is 10.0 Å². The first-order valence-corrected chi connectivity index (χ1v) is 10.9. The van der Waals surface area contributed by atoms with Crippen LogP contribution in [-0.4, -0.2) is 20.7 Å². The van der Waals surface area contributed by atoms with Gasteiger partial charge >= 0.3 is 0 Å². The highest BCUT2D eigenvalue weighted by atomic mass is 35.5. The summed E-state index contributed by atoms with van der Waals surface area (Å²) in [7, 11) is -3.67. The SMILES string of the molecule is Cc1ccc(S(=O)(=O)Nc2ccc(C(=O)CCNc3cccc(Cl)c3)cc2)cc1. The molecule has 0 spiro atoms. The zero-order valence-corrected chi connectivity index (χ0v) is 17.4. The van der Waals surface area contributed by atoms with Crippen molar-refractivity contribution >= 4 is 38.8 Å². The predicted octanol–water partition coefficient (Wildman–Crippen LogP) is 5.13. The van der Waals surface area contributed by atoms with Gasteiger partial charge in [-0.25, -0.2) is 8.42 Å². The summed E-state index contributed by atoms with van der Waals surface area (Å²) >= 11 is 5.93. The number of benzene rings is 3. The molecule has 0 saturated carbocycles. The third-order valence-corrected chi connectivity index (χ3v) is 5.93. The number of rotatable bonds is 8. The molecule has 3 rings (SSSR count). The molecule has 0 bridgehead atoms. The molecule has 0 aliphatic rings. The molecule has 3 aromatic carbocycles. The molecule has 0 unspecified atom stereocenters. The number of hydrogen-bond donors (Lipinski definition) is 2. The highest BCUT2D eigenvalue weighted by Crippen LogP contribution is 2.18. The van der Waals surface area contributed by atoms with E-state index >= 15 is 0 Å². The Kier molecular flexibility index (Phi) is 6.56. The van der Waals surface area contributed by atoms with E-state index in [-0.39, 0.29) is 10.7 Å². The van der Waals surface area contributed by atoms with Crippen LogP contribution >= 0.6 is 11.6 Å². The summed E-state index contributed by atoms with van der Waals surface area (Å²) in [6, 6.07) is 20.3. The van der Waals surface area contributed by atoms with Gasteiger partial charge in [0.05, 0.1) is 4.90 Å². The summed E-state index contributed by atoms with van der Waals surface area (Å²) in [5, 5.41) is 3.78. The average molecular weight is 429 g/mol. The number of ketones is 1. The number of aryl methyl sites for hydroxylation is 1. The molecule has 0 aliphatic carbocycles. The Bertz CT molecular complexity index is 1100. The van der Waals surface area contributed by atoms with Gasteiger partial charge in [0.15, 0.2) is 5.78 Å². The first kappa shape index (κ1) is 20.9. The molecular weight excluding hydrogens is 408 g/mol. The molecule has 0 fully saturated rings. The van der Waals surface area contributed by atoms with Gasteiger partial charge in [0.25, 0.3) is 10.0 Å². The molecule has 0 radical (unpaired) electrons. The molecule has 0 aromatic heterocycles. The first-order valence-electron chi connectivity index (χ1n) is 9.06. The van der Waals surface area contributed by atoms with Gasteiger partial charge in [0.1, 0.15) is 0 Å². The van der Waals surface area contributed by atoms with Crippen molar-refractivity contribution in [2.75, 3.05) is 16.6 Å². The summed E-state index contributed by atoms with van der Waals surface area (Å²) in [6.07, 6.45) is 0.307. The van der Waals surface area contributed by atoms with Crippen LogP contribution in [0.4, 0.5) is 11.4 Å². The lowest BCUT2D eigenvalue weighted by atomic mass is 10.1.